The van der Waals surface area contributed by atoms with Gasteiger partial charge in [-0.15, -0.1) is 5.10 Å². The molecule has 5 nitrogen and oxygen atoms in total. The number of fused-ring (bicyclic) bond motifs is 2. The van der Waals surface area contributed by atoms with Gasteiger partial charge in [0.1, 0.15) is 23.8 Å². The maximum Gasteiger partial charge on any atom is 0.134 e. The molecule has 45 heavy (non-hydrogen) atoms. The van der Waals surface area contributed by atoms with Gasteiger partial charge >= 0.3 is 0 Å². The van der Waals surface area contributed by atoms with E-state index in [1.54, 1.807) is 6.07 Å². The van der Waals surface area contributed by atoms with Crippen LogP contribution in [0.1, 0.15) is 11.3 Å². The third-order valence-corrected chi connectivity index (χ3v) is 8.96. The van der Waals surface area contributed by atoms with Gasteiger partial charge in [-0.25, -0.2) is 4.68 Å². The fourth-order valence-electron chi connectivity index (χ4n) is 6.89. The van der Waals surface area contributed by atoms with E-state index in [0.29, 0.717) is 12.3 Å². The standard InChI is InChI=1S/C40H27N3O2/c44-35-20-17-25-6-1-3-10-32(25)39(35)40-33-11-4-2-7-26(33)18-21-36(40)45-24-31-23-43(42-41-31)22-30-15-14-29-13-12-27-8-5-9-28-16-19-34(30)38(29)37(27)28/h1-21,23,44H,22,24H2. The zero-order valence-corrected chi connectivity index (χ0v) is 24.3. The number of phenols is 1. The van der Waals surface area contributed by atoms with Gasteiger partial charge in [0.15, 0.2) is 0 Å². The van der Waals surface area contributed by atoms with Gasteiger partial charge in [0.2, 0.25) is 0 Å². The first-order chi connectivity index (χ1) is 22.2. The predicted octanol–water partition coefficient (Wildman–Crippen LogP) is 9.48. The van der Waals surface area contributed by atoms with Crippen LogP contribution in [0.25, 0.3) is 65.0 Å². The quantitative estimate of drug-likeness (QED) is 0.199. The number of hydrogen-bond donors (Lipinski definition) is 1. The predicted molar refractivity (Wildman–Crippen MR) is 182 cm³/mol. The Morgan fingerprint density at radius 3 is 1.98 bits per heavy atom. The molecule has 0 aliphatic rings. The first-order valence-corrected chi connectivity index (χ1v) is 15.1. The number of benzene rings is 8. The average Bonchev–Trinajstić information content (AvgIpc) is 3.54. The van der Waals surface area contributed by atoms with Crippen molar-refractivity contribution in [2.75, 3.05) is 0 Å². The molecule has 9 rings (SSSR count). The summed E-state index contributed by atoms with van der Waals surface area (Å²) in [7, 11) is 0. The molecule has 0 atom stereocenters. The van der Waals surface area contributed by atoms with Crippen LogP contribution in [0.3, 0.4) is 0 Å². The van der Waals surface area contributed by atoms with Crippen LogP contribution in [0, 0.1) is 0 Å². The Labute approximate surface area is 258 Å². The first-order valence-electron chi connectivity index (χ1n) is 15.1. The highest BCUT2D eigenvalue weighted by molar-refractivity contribution is 6.23. The lowest BCUT2D eigenvalue weighted by Gasteiger charge is -2.17. The molecule has 1 N–H and O–H groups in total. The van der Waals surface area contributed by atoms with Crippen molar-refractivity contribution in [1.29, 1.82) is 0 Å². The van der Waals surface area contributed by atoms with Crippen LogP contribution in [0.5, 0.6) is 11.5 Å². The Morgan fingerprint density at radius 1 is 0.556 bits per heavy atom. The second kappa shape index (κ2) is 10.1. The maximum absolute atomic E-state index is 11.2. The van der Waals surface area contributed by atoms with Crippen molar-refractivity contribution >= 4 is 53.9 Å². The SMILES string of the molecule is Oc1ccc2ccccc2c1-c1c(OCc2cn(Cc3ccc4ccc5cccc6ccc3c4c56)nn2)ccc2ccccc12. The average molecular weight is 582 g/mol. The van der Waals surface area contributed by atoms with Crippen molar-refractivity contribution in [2.45, 2.75) is 13.2 Å². The van der Waals surface area contributed by atoms with E-state index in [1.165, 1.54) is 37.9 Å². The van der Waals surface area contributed by atoms with E-state index in [9.17, 15) is 5.11 Å². The molecule has 214 valence electrons. The number of hydrogen-bond acceptors (Lipinski definition) is 4. The number of aromatic nitrogens is 3. The topological polar surface area (TPSA) is 60.2 Å². The largest absolute Gasteiger partial charge is 0.507 e. The van der Waals surface area contributed by atoms with Crippen LogP contribution < -0.4 is 4.74 Å². The van der Waals surface area contributed by atoms with Crippen molar-refractivity contribution < 1.29 is 9.84 Å². The van der Waals surface area contributed by atoms with E-state index in [0.717, 1.165) is 38.4 Å². The molecule has 0 unspecified atom stereocenters. The van der Waals surface area contributed by atoms with Crippen LogP contribution >= 0.6 is 0 Å². The van der Waals surface area contributed by atoms with E-state index in [-0.39, 0.29) is 12.4 Å². The molecule has 0 radical (unpaired) electrons. The van der Waals surface area contributed by atoms with E-state index in [1.807, 2.05) is 53.3 Å². The van der Waals surface area contributed by atoms with Gasteiger partial charge in [-0.1, -0.05) is 120 Å². The first kappa shape index (κ1) is 25.5. The van der Waals surface area contributed by atoms with Crippen molar-refractivity contribution in [1.82, 2.24) is 15.0 Å². The summed E-state index contributed by atoms with van der Waals surface area (Å²) in [6.07, 6.45) is 1.95. The molecule has 0 spiro atoms. The van der Waals surface area contributed by atoms with Gasteiger partial charge < -0.3 is 9.84 Å². The minimum absolute atomic E-state index is 0.217. The molecule has 0 saturated carbocycles. The van der Waals surface area contributed by atoms with Crippen LogP contribution in [-0.2, 0) is 13.2 Å². The number of phenolic OH excluding ortho intramolecular Hbond substituents is 1. The molecule has 9 aromatic rings. The second-order valence-corrected chi connectivity index (χ2v) is 11.6. The van der Waals surface area contributed by atoms with Gasteiger partial charge in [0.05, 0.1) is 12.7 Å². The third-order valence-electron chi connectivity index (χ3n) is 8.96. The van der Waals surface area contributed by atoms with Crippen molar-refractivity contribution in [3.63, 3.8) is 0 Å². The van der Waals surface area contributed by atoms with Gasteiger partial charge in [-0.3, -0.25) is 0 Å². The molecular weight excluding hydrogens is 554 g/mol. The molecule has 1 aromatic heterocycles. The number of nitrogens with zero attached hydrogens (tertiary/aromatic N) is 3. The fraction of sp³-hybridized carbons (Fsp3) is 0.0500. The van der Waals surface area contributed by atoms with E-state index in [4.69, 9.17) is 4.74 Å². The Morgan fingerprint density at radius 2 is 1.18 bits per heavy atom. The molecule has 0 saturated heterocycles. The third kappa shape index (κ3) is 4.16. The monoisotopic (exact) mass is 581 g/mol. The molecule has 0 aliphatic carbocycles. The lowest BCUT2D eigenvalue weighted by molar-refractivity contribution is 0.302. The summed E-state index contributed by atoms with van der Waals surface area (Å²) in [5, 5.41) is 31.8. The van der Waals surface area contributed by atoms with Crippen molar-refractivity contribution in [2.24, 2.45) is 0 Å². The normalized spacial score (nSPS) is 11.8. The smallest absolute Gasteiger partial charge is 0.134 e. The summed E-state index contributed by atoms with van der Waals surface area (Å²) >= 11 is 0. The molecule has 5 heteroatoms. The zero-order valence-electron chi connectivity index (χ0n) is 24.3. The Hall–Kier alpha value is -5.94. The molecule has 1 heterocycles. The summed E-state index contributed by atoms with van der Waals surface area (Å²) in [6, 6.07) is 43.8. The Bertz CT molecular complexity index is 2530. The Kier molecular flexibility index (Phi) is 5.72. The van der Waals surface area contributed by atoms with Gasteiger partial charge in [0.25, 0.3) is 0 Å². The maximum atomic E-state index is 11.2. The highest BCUT2D eigenvalue weighted by Gasteiger charge is 2.18. The number of rotatable bonds is 6. The highest BCUT2D eigenvalue weighted by Crippen LogP contribution is 2.45. The minimum atomic E-state index is 0.217. The van der Waals surface area contributed by atoms with E-state index < -0.39 is 0 Å². The number of aromatic hydroxyl groups is 1. The van der Waals surface area contributed by atoms with E-state index in [2.05, 4.69) is 89.2 Å². The zero-order chi connectivity index (χ0) is 29.9. The highest BCUT2D eigenvalue weighted by atomic mass is 16.5. The molecule has 0 aliphatic heterocycles. The van der Waals surface area contributed by atoms with Gasteiger partial charge in [-0.05, 0) is 71.6 Å². The van der Waals surface area contributed by atoms with E-state index >= 15 is 0 Å². The van der Waals surface area contributed by atoms with Crippen LogP contribution in [-0.4, -0.2) is 20.1 Å². The van der Waals surface area contributed by atoms with Crippen LogP contribution in [0.15, 0.2) is 134 Å². The summed E-state index contributed by atoms with van der Waals surface area (Å²) in [6.45, 7) is 0.849. The summed E-state index contributed by atoms with van der Waals surface area (Å²) < 4.78 is 8.35. The summed E-state index contributed by atoms with van der Waals surface area (Å²) in [5.41, 5.74) is 3.55. The van der Waals surface area contributed by atoms with Crippen molar-refractivity contribution in [3.8, 4) is 22.6 Å². The lowest BCUT2D eigenvalue weighted by atomic mass is 9.92. The minimum Gasteiger partial charge on any atom is -0.507 e. The molecule has 0 amide bonds. The van der Waals surface area contributed by atoms with Gasteiger partial charge in [-0.2, -0.15) is 0 Å². The lowest BCUT2D eigenvalue weighted by Crippen LogP contribution is -2.02. The van der Waals surface area contributed by atoms with Crippen LogP contribution in [0.2, 0.25) is 0 Å². The second-order valence-electron chi connectivity index (χ2n) is 11.6. The van der Waals surface area contributed by atoms with Crippen LogP contribution in [0.4, 0.5) is 0 Å². The Balaban J connectivity index is 1.06. The fourth-order valence-corrected chi connectivity index (χ4v) is 6.89. The summed E-state index contributed by atoms with van der Waals surface area (Å²) in [4.78, 5) is 0. The van der Waals surface area contributed by atoms with Gasteiger partial charge in [0, 0.05) is 11.1 Å². The molecule has 0 bridgehead atoms. The van der Waals surface area contributed by atoms with Crippen molar-refractivity contribution in [3.05, 3.63) is 145 Å². The summed E-state index contributed by atoms with van der Waals surface area (Å²) in [5.74, 6) is 0.899. The molecular formula is C40H27N3O2. The molecule has 0 fully saturated rings. The molecule has 8 aromatic carbocycles. The number of ether oxygens (including phenoxy) is 1.